The van der Waals surface area contributed by atoms with E-state index in [0.717, 1.165) is 17.7 Å². The molecule has 4 heteroatoms. The van der Waals surface area contributed by atoms with Gasteiger partial charge in [0, 0.05) is 12.1 Å². The van der Waals surface area contributed by atoms with Gasteiger partial charge in [-0.15, -0.1) is 0 Å². The average Bonchev–Trinajstić information content (AvgIpc) is 2.42. The van der Waals surface area contributed by atoms with Gasteiger partial charge in [0.2, 0.25) is 0 Å². The van der Waals surface area contributed by atoms with E-state index in [1.807, 2.05) is 26.0 Å². The molecule has 0 saturated carbocycles. The molecule has 0 aromatic heterocycles. The highest BCUT2D eigenvalue weighted by molar-refractivity contribution is 6.32. The van der Waals surface area contributed by atoms with Gasteiger partial charge in [0.25, 0.3) is 0 Å². The van der Waals surface area contributed by atoms with Crippen LogP contribution in [0.2, 0.25) is 5.02 Å². The minimum atomic E-state index is -0.392. The standard InChI is InChI=1S/C16H17ClFNO/c1-3-19-10-12-5-4-6-14(18)16(12)20-15-8-7-11(2)9-13(15)17/h4-9,19H,3,10H2,1-2H3. The summed E-state index contributed by atoms with van der Waals surface area (Å²) in [5.74, 6) is 0.288. The summed E-state index contributed by atoms with van der Waals surface area (Å²) in [6, 6.07) is 10.3. The van der Waals surface area contributed by atoms with Crippen molar-refractivity contribution in [3.63, 3.8) is 0 Å². The van der Waals surface area contributed by atoms with Crippen LogP contribution < -0.4 is 10.1 Å². The molecule has 0 heterocycles. The summed E-state index contributed by atoms with van der Waals surface area (Å²) in [5, 5.41) is 3.64. The van der Waals surface area contributed by atoms with E-state index in [1.54, 1.807) is 18.2 Å². The van der Waals surface area contributed by atoms with E-state index in [4.69, 9.17) is 16.3 Å². The van der Waals surface area contributed by atoms with E-state index >= 15 is 0 Å². The number of hydrogen-bond donors (Lipinski definition) is 1. The normalized spacial score (nSPS) is 10.6. The quantitative estimate of drug-likeness (QED) is 0.863. The van der Waals surface area contributed by atoms with Crippen molar-refractivity contribution in [1.29, 1.82) is 0 Å². The molecule has 0 amide bonds. The molecule has 0 aliphatic carbocycles. The van der Waals surface area contributed by atoms with E-state index in [-0.39, 0.29) is 5.75 Å². The molecule has 2 rings (SSSR count). The number of halogens is 2. The van der Waals surface area contributed by atoms with Crippen LogP contribution in [0.1, 0.15) is 18.1 Å². The Labute approximate surface area is 123 Å². The fourth-order valence-electron chi connectivity index (χ4n) is 1.87. The van der Waals surface area contributed by atoms with Crippen molar-refractivity contribution in [3.8, 4) is 11.5 Å². The zero-order valence-corrected chi connectivity index (χ0v) is 12.3. The zero-order chi connectivity index (χ0) is 14.5. The first-order valence-corrected chi connectivity index (χ1v) is 6.91. The van der Waals surface area contributed by atoms with Crippen LogP contribution >= 0.6 is 11.6 Å². The van der Waals surface area contributed by atoms with Crippen molar-refractivity contribution in [2.75, 3.05) is 6.54 Å². The van der Waals surface area contributed by atoms with Crippen LogP contribution in [0.4, 0.5) is 4.39 Å². The summed E-state index contributed by atoms with van der Waals surface area (Å²) in [5.41, 5.74) is 1.80. The lowest BCUT2D eigenvalue weighted by Crippen LogP contribution is -2.12. The molecule has 20 heavy (non-hydrogen) atoms. The van der Waals surface area contributed by atoms with E-state index in [2.05, 4.69) is 5.32 Å². The van der Waals surface area contributed by atoms with Crippen molar-refractivity contribution in [2.24, 2.45) is 0 Å². The molecule has 106 valence electrons. The van der Waals surface area contributed by atoms with Crippen LogP contribution in [-0.4, -0.2) is 6.54 Å². The van der Waals surface area contributed by atoms with Gasteiger partial charge in [-0.3, -0.25) is 0 Å². The SMILES string of the molecule is CCNCc1cccc(F)c1Oc1ccc(C)cc1Cl. The predicted octanol–water partition coefficient (Wildman–Crippen LogP) is 4.69. The van der Waals surface area contributed by atoms with Crippen molar-refractivity contribution in [2.45, 2.75) is 20.4 Å². The lowest BCUT2D eigenvalue weighted by atomic mass is 10.2. The Hall–Kier alpha value is -1.58. The molecule has 0 unspecified atom stereocenters. The van der Waals surface area contributed by atoms with Gasteiger partial charge in [-0.25, -0.2) is 4.39 Å². The molecule has 0 radical (unpaired) electrons. The Balaban J connectivity index is 2.32. The third kappa shape index (κ3) is 3.50. The maximum absolute atomic E-state index is 14.0. The number of nitrogens with one attached hydrogen (secondary N) is 1. The Bertz CT molecular complexity index is 601. The third-order valence-electron chi connectivity index (χ3n) is 2.91. The summed E-state index contributed by atoms with van der Waals surface area (Å²) >= 11 is 6.13. The molecule has 2 nitrogen and oxygen atoms in total. The fraction of sp³-hybridized carbons (Fsp3) is 0.250. The van der Waals surface area contributed by atoms with Crippen molar-refractivity contribution >= 4 is 11.6 Å². The number of ether oxygens (including phenoxy) is 1. The summed E-state index contributed by atoms with van der Waals surface area (Å²) in [6.45, 7) is 5.29. The first-order valence-electron chi connectivity index (χ1n) is 6.54. The Kier molecular flexibility index (Phi) is 4.99. The molecule has 0 atom stereocenters. The Morgan fingerprint density at radius 3 is 2.75 bits per heavy atom. The van der Waals surface area contributed by atoms with Gasteiger partial charge in [-0.05, 0) is 37.2 Å². The minimum Gasteiger partial charge on any atom is -0.452 e. The topological polar surface area (TPSA) is 21.3 Å². The summed E-state index contributed by atoms with van der Waals surface area (Å²) in [7, 11) is 0. The molecule has 1 N–H and O–H groups in total. The Morgan fingerprint density at radius 2 is 2.05 bits per heavy atom. The van der Waals surface area contributed by atoms with Crippen LogP contribution in [0.15, 0.2) is 36.4 Å². The van der Waals surface area contributed by atoms with Gasteiger partial charge in [0.1, 0.15) is 5.75 Å². The summed E-state index contributed by atoms with van der Waals surface area (Å²) < 4.78 is 19.7. The van der Waals surface area contributed by atoms with Gasteiger partial charge in [-0.2, -0.15) is 0 Å². The van der Waals surface area contributed by atoms with Crippen molar-refractivity contribution in [3.05, 3.63) is 58.4 Å². The second kappa shape index (κ2) is 6.73. The molecule has 0 fully saturated rings. The molecule has 0 aliphatic heterocycles. The zero-order valence-electron chi connectivity index (χ0n) is 11.5. The smallest absolute Gasteiger partial charge is 0.167 e. The lowest BCUT2D eigenvalue weighted by molar-refractivity contribution is 0.434. The second-order valence-corrected chi connectivity index (χ2v) is 4.95. The van der Waals surface area contributed by atoms with Crippen LogP contribution in [-0.2, 0) is 6.54 Å². The minimum absolute atomic E-state index is 0.221. The molecule has 0 saturated heterocycles. The molecule has 0 spiro atoms. The van der Waals surface area contributed by atoms with Crippen molar-refractivity contribution in [1.82, 2.24) is 5.32 Å². The molecule has 2 aromatic carbocycles. The molecule has 0 bridgehead atoms. The lowest BCUT2D eigenvalue weighted by Gasteiger charge is -2.13. The van der Waals surface area contributed by atoms with E-state index in [0.29, 0.717) is 17.3 Å². The molecule has 0 aliphatic rings. The van der Waals surface area contributed by atoms with Gasteiger partial charge in [0.15, 0.2) is 11.6 Å². The number of rotatable bonds is 5. The monoisotopic (exact) mass is 293 g/mol. The average molecular weight is 294 g/mol. The second-order valence-electron chi connectivity index (χ2n) is 4.54. The van der Waals surface area contributed by atoms with E-state index in [1.165, 1.54) is 6.07 Å². The molecule has 2 aromatic rings. The van der Waals surface area contributed by atoms with Crippen molar-refractivity contribution < 1.29 is 9.13 Å². The molecular formula is C16H17ClFNO. The first-order chi connectivity index (χ1) is 9.61. The third-order valence-corrected chi connectivity index (χ3v) is 3.21. The van der Waals surface area contributed by atoms with Gasteiger partial charge in [0.05, 0.1) is 5.02 Å². The highest BCUT2D eigenvalue weighted by atomic mass is 35.5. The largest absolute Gasteiger partial charge is 0.452 e. The maximum Gasteiger partial charge on any atom is 0.167 e. The highest BCUT2D eigenvalue weighted by Gasteiger charge is 2.12. The predicted molar refractivity (Wildman–Crippen MR) is 80.0 cm³/mol. The van der Waals surface area contributed by atoms with Gasteiger partial charge in [-0.1, -0.05) is 36.7 Å². The van der Waals surface area contributed by atoms with E-state index in [9.17, 15) is 4.39 Å². The maximum atomic E-state index is 14.0. The first kappa shape index (κ1) is 14.8. The van der Waals surface area contributed by atoms with E-state index < -0.39 is 5.82 Å². The van der Waals surface area contributed by atoms with Gasteiger partial charge >= 0.3 is 0 Å². The number of para-hydroxylation sites is 1. The van der Waals surface area contributed by atoms with Crippen LogP contribution in [0.3, 0.4) is 0 Å². The van der Waals surface area contributed by atoms with Crippen LogP contribution in [0, 0.1) is 12.7 Å². The fourth-order valence-corrected chi connectivity index (χ4v) is 2.14. The summed E-state index contributed by atoms with van der Waals surface area (Å²) in [6.07, 6.45) is 0. The summed E-state index contributed by atoms with van der Waals surface area (Å²) in [4.78, 5) is 0. The highest BCUT2D eigenvalue weighted by Crippen LogP contribution is 2.33. The van der Waals surface area contributed by atoms with Gasteiger partial charge < -0.3 is 10.1 Å². The van der Waals surface area contributed by atoms with Crippen LogP contribution in [0.5, 0.6) is 11.5 Å². The molecular weight excluding hydrogens is 277 g/mol. The Morgan fingerprint density at radius 1 is 1.25 bits per heavy atom. The number of hydrogen-bond acceptors (Lipinski definition) is 2. The number of aryl methyl sites for hydroxylation is 1. The van der Waals surface area contributed by atoms with Crippen LogP contribution in [0.25, 0.3) is 0 Å². The number of benzene rings is 2.